The van der Waals surface area contributed by atoms with E-state index in [1.165, 1.54) is 0 Å². The van der Waals surface area contributed by atoms with Gasteiger partial charge in [0.05, 0.1) is 17.0 Å². The molecule has 1 fully saturated rings. The van der Waals surface area contributed by atoms with Crippen LogP contribution in [0.5, 0.6) is 0 Å². The molecule has 1 aromatic carbocycles. The molecule has 2 aromatic rings. The lowest BCUT2D eigenvalue weighted by Gasteiger charge is -2.15. The van der Waals surface area contributed by atoms with E-state index in [0.717, 1.165) is 22.3 Å². The number of fused-ring (bicyclic) bond motifs is 1. The van der Waals surface area contributed by atoms with Gasteiger partial charge in [0.25, 0.3) is 0 Å². The average Bonchev–Trinajstić information content (AvgIpc) is 2.68. The number of nitrogens with zero attached hydrogens (tertiary/aromatic N) is 1. The molecule has 1 aromatic heterocycles. The number of benzene rings is 1. The van der Waals surface area contributed by atoms with Gasteiger partial charge in [-0.25, -0.2) is 8.42 Å². The van der Waals surface area contributed by atoms with Gasteiger partial charge < -0.3 is 5.32 Å². The van der Waals surface area contributed by atoms with Crippen molar-refractivity contribution in [2.75, 3.05) is 16.8 Å². The number of sulfone groups is 1. The summed E-state index contributed by atoms with van der Waals surface area (Å²) in [6.45, 7) is 1.95. The van der Waals surface area contributed by atoms with E-state index >= 15 is 0 Å². The first-order valence-corrected chi connectivity index (χ1v) is 8.19. The minimum absolute atomic E-state index is 0.00945. The van der Waals surface area contributed by atoms with Crippen LogP contribution in [0.25, 0.3) is 10.9 Å². The molecule has 1 atom stereocenters. The summed E-state index contributed by atoms with van der Waals surface area (Å²) in [4.78, 5) is 4.48. The van der Waals surface area contributed by atoms with Crippen molar-refractivity contribution in [2.45, 2.75) is 19.4 Å². The largest absolute Gasteiger partial charge is 0.381 e. The Balaban J connectivity index is 1.97. The Hall–Kier alpha value is -1.62. The van der Waals surface area contributed by atoms with Crippen molar-refractivity contribution in [2.24, 2.45) is 0 Å². The van der Waals surface area contributed by atoms with Crippen LogP contribution in [0.4, 0.5) is 5.69 Å². The highest BCUT2D eigenvalue weighted by molar-refractivity contribution is 7.91. The van der Waals surface area contributed by atoms with Gasteiger partial charge in [0.15, 0.2) is 9.84 Å². The predicted molar refractivity (Wildman–Crippen MR) is 77.2 cm³/mol. The average molecular weight is 276 g/mol. The maximum absolute atomic E-state index is 11.5. The second-order valence-corrected chi connectivity index (χ2v) is 7.30. The monoisotopic (exact) mass is 276 g/mol. The molecular weight excluding hydrogens is 260 g/mol. The molecule has 0 spiro atoms. The summed E-state index contributed by atoms with van der Waals surface area (Å²) in [7, 11) is -2.86. The van der Waals surface area contributed by atoms with Crippen LogP contribution in [0.1, 0.15) is 12.1 Å². The van der Waals surface area contributed by atoms with E-state index in [1.54, 1.807) is 0 Å². The zero-order valence-corrected chi connectivity index (χ0v) is 11.6. The normalized spacial score (nSPS) is 21.6. The molecule has 0 radical (unpaired) electrons. The van der Waals surface area contributed by atoms with Crippen LogP contribution in [-0.4, -0.2) is 30.9 Å². The van der Waals surface area contributed by atoms with Gasteiger partial charge in [-0.2, -0.15) is 0 Å². The van der Waals surface area contributed by atoms with E-state index in [0.29, 0.717) is 6.42 Å². The highest BCUT2D eigenvalue weighted by Gasteiger charge is 2.27. The number of aryl methyl sites for hydroxylation is 1. The van der Waals surface area contributed by atoms with Crippen LogP contribution in [0.2, 0.25) is 0 Å². The van der Waals surface area contributed by atoms with Crippen LogP contribution in [0.15, 0.2) is 30.3 Å². The van der Waals surface area contributed by atoms with E-state index in [4.69, 9.17) is 0 Å². The van der Waals surface area contributed by atoms with Gasteiger partial charge >= 0.3 is 0 Å². The molecule has 0 bridgehead atoms. The van der Waals surface area contributed by atoms with Gasteiger partial charge in [0.1, 0.15) is 0 Å². The topological polar surface area (TPSA) is 59.1 Å². The summed E-state index contributed by atoms with van der Waals surface area (Å²) < 4.78 is 23.0. The zero-order chi connectivity index (χ0) is 13.5. The van der Waals surface area contributed by atoms with Crippen LogP contribution in [0.3, 0.4) is 0 Å². The maximum atomic E-state index is 11.5. The van der Waals surface area contributed by atoms with E-state index in [1.807, 2.05) is 37.3 Å². The van der Waals surface area contributed by atoms with E-state index < -0.39 is 9.84 Å². The molecule has 19 heavy (non-hydrogen) atoms. The highest BCUT2D eigenvalue weighted by atomic mass is 32.2. The Morgan fingerprint density at radius 1 is 1.32 bits per heavy atom. The van der Waals surface area contributed by atoms with Crippen molar-refractivity contribution in [3.05, 3.63) is 36.0 Å². The number of anilines is 1. The Morgan fingerprint density at radius 3 is 2.84 bits per heavy atom. The fraction of sp³-hybridized carbons (Fsp3) is 0.357. The number of rotatable bonds is 2. The quantitative estimate of drug-likeness (QED) is 0.913. The number of pyridine rings is 1. The zero-order valence-electron chi connectivity index (χ0n) is 10.8. The first-order chi connectivity index (χ1) is 9.03. The lowest BCUT2D eigenvalue weighted by atomic mass is 10.1. The van der Waals surface area contributed by atoms with Crippen molar-refractivity contribution in [3.63, 3.8) is 0 Å². The molecule has 2 heterocycles. The first kappa shape index (κ1) is 12.4. The van der Waals surface area contributed by atoms with Crippen molar-refractivity contribution in [1.82, 2.24) is 4.98 Å². The van der Waals surface area contributed by atoms with Gasteiger partial charge in [0.2, 0.25) is 0 Å². The number of hydrogen-bond donors (Lipinski definition) is 1. The first-order valence-electron chi connectivity index (χ1n) is 6.37. The molecule has 4 nitrogen and oxygen atoms in total. The van der Waals surface area contributed by atoms with Crippen LogP contribution in [-0.2, 0) is 9.84 Å². The van der Waals surface area contributed by atoms with E-state index in [-0.39, 0.29) is 17.5 Å². The second kappa shape index (κ2) is 4.49. The van der Waals surface area contributed by atoms with Crippen LogP contribution >= 0.6 is 0 Å². The summed E-state index contributed by atoms with van der Waals surface area (Å²) >= 11 is 0. The Labute approximate surface area is 112 Å². The third-order valence-electron chi connectivity index (χ3n) is 3.44. The summed E-state index contributed by atoms with van der Waals surface area (Å²) in [6, 6.07) is 9.89. The van der Waals surface area contributed by atoms with Crippen molar-refractivity contribution >= 4 is 26.4 Å². The molecule has 5 heteroatoms. The summed E-state index contributed by atoms with van der Waals surface area (Å²) in [6.07, 6.45) is 0.679. The molecule has 1 N–H and O–H groups in total. The lowest BCUT2D eigenvalue weighted by Crippen LogP contribution is -2.20. The fourth-order valence-electron chi connectivity index (χ4n) is 2.56. The van der Waals surface area contributed by atoms with Crippen LogP contribution in [0, 0.1) is 6.92 Å². The van der Waals surface area contributed by atoms with E-state index in [9.17, 15) is 8.42 Å². The summed E-state index contributed by atoms with van der Waals surface area (Å²) in [5.41, 5.74) is 2.85. The van der Waals surface area contributed by atoms with Gasteiger partial charge in [-0.3, -0.25) is 4.98 Å². The molecule has 1 aliphatic rings. The second-order valence-electron chi connectivity index (χ2n) is 5.07. The number of nitrogens with one attached hydrogen (secondary N) is 1. The maximum Gasteiger partial charge on any atom is 0.152 e. The SMILES string of the molecule is Cc1cc(NC2CCS(=O)(=O)C2)c2ccccc2n1. The molecule has 1 aliphatic heterocycles. The molecule has 1 saturated heterocycles. The van der Waals surface area contributed by atoms with Gasteiger partial charge in [0, 0.05) is 22.8 Å². The Kier molecular flexibility index (Phi) is 2.93. The van der Waals surface area contributed by atoms with Crippen LogP contribution < -0.4 is 5.32 Å². The van der Waals surface area contributed by atoms with Gasteiger partial charge in [-0.15, -0.1) is 0 Å². The minimum Gasteiger partial charge on any atom is -0.381 e. The highest BCUT2D eigenvalue weighted by Crippen LogP contribution is 2.25. The molecule has 1 unspecified atom stereocenters. The standard InChI is InChI=1S/C14H16N2O2S/c1-10-8-14(12-4-2-3-5-13(12)15-10)16-11-6-7-19(17,18)9-11/h2-5,8,11H,6-7,9H2,1H3,(H,15,16). The molecule has 0 aliphatic carbocycles. The third-order valence-corrected chi connectivity index (χ3v) is 5.20. The van der Waals surface area contributed by atoms with Gasteiger partial charge in [-0.1, -0.05) is 18.2 Å². The molecule has 3 rings (SSSR count). The Bertz CT molecular complexity index is 725. The summed E-state index contributed by atoms with van der Waals surface area (Å²) in [5, 5.41) is 4.40. The lowest BCUT2D eigenvalue weighted by molar-refractivity contribution is 0.602. The van der Waals surface area contributed by atoms with E-state index in [2.05, 4.69) is 10.3 Å². The third kappa shape index (κ3) is 2.56. The Morgan fingerprint density at radius 2 is 2.11 bits per heavy atom. The van der Waals surface area contributed by atoms with Gasteiger partial charge in [-0.05, 0) is 25.5 Å². The summed E-state index contributed by atoms with van der Waals surface area (Å²) in [5.74, 6) is 0.509. The van der Waals surface area contributed by atoms with Crippen molar-refractivity contribution in [3.8, 4) is 0 Å². The number of para-hydroxylation sites is 1. The number of aromatic nitrogens is 1. The predicted octanol–water partition coefficient (Wildman–Crippen LogP) is 2.14. The van der Waals surface area contributed by atoms with Crippen molar-refractivity contribution < 1.29 is 8.42 Å². The fourth-order valence-corrected chi connectivity index (χ4v) is 4.23. The minimum atomic E-state index is -2.86. The molecule has 0 saturated carbocycles. The molecule has 100 valence electrons. The smallest absolute Gasteiger partial charge is 0.152 e. The molecule has 0 amide bonds. The van der Waals surface area contributed by atoms with Crippen molar-refractivity contribution in [1.29, 1.82) is 0 Å². The molecular formula is C14H16N2O2S. The number of hydrogen-bond acceptors (Lipinski definition) is 4.